The van der Waals surface area contributed by atoms with Crippen molar-refractivity contribution in [3.05, 3.63) is 54.4 Å². The highest BCUT2D eigenvalue weighted by molar-refractivity contribution is 5.70. The lowest BCUT2D eigenvalue weighted by Gasteiger charge is -2.10. The third kappa shape index (κ3) is 3.13. The zero-order valence-corrected chi connectivity index (χ0v) is 13.5. The Hall–Kier alpha value is -2.95. The number of nitrogens with one attached hydrogen (secondary N) is 2. The number of benzene rings is 1. The van der Waals surface area contributed by atoms with Crippen LogP contribution in [0.15, 0.2) is 48.8 Å². The van der Waals surface area contributed by atoms with Crippen LogP contribution in [0.1, 0.15) is 5.56 Å². The number of hydrogen-bond acceptors (Lipinski definition) is 5. The van der Waals surface area contributed by atoms with E-state index < -0.39 is 0 Å². The minimum Gasteiger partial charge on any atom is -0.388 e. The van der Waals surface area contributed by atoms with Crippen LogP contribution in [0.25, 0.3) is 22.6 Å². The van der Waals surface area contributed by atoms with E-state index in [4.69, 9.17) is 4.98 Å². The Morgan fingerprint density at radius 2 is 1.70 bits per heavy atom. The Morgan fingerprint density at radius 3 is 2.48 bits per heavy atom. The van der Waals surface area contributed by atoms with Gasteiger partial charge in [-0.15, -0.1) is 0 Å². The molecule has 2 aromatic heterocycles. The van der Waals surface area contributed by atoms with Crippen LogP contribution < -0.4 is 10.6 Å². The molecule has 0 radical (unpaired) electrons. The summed E-state index contributed by atoms with van der Waals surface area (Å²) in [6.07, 6.45) is 3.55. The van der Waals surface area contributed by atoms with Crippen molar-refractivity contribution in [3.8, 4) is 22.6 Å². The van der Waals surface area contributed by atoms with Gasteiger partial charge in [-0.2, -0.15) is 0 Å². The van der Waals surface area contributed by atoms with Gasteiger partial charge in [-0.05, 0) is 42.8 Å². The van der Waals surface area contributed by atoms with Gasteiger partial charge in [-0.25, -0.2) is 15.0 Å². The first kappa shape index (κ1) is 15.0. The van der Waals surface area contributed by atoms with Crippen LogP contribution in [0.4, 0.5) is 11.5 Å². The second kappa shape index (κ2) is 6.44. The molecule has 3 aromatic rings. The molecule has 5 nitrogen and oxygen atoms in total. The van der Waals surface area contributed by atoms with E-state index in [2.05, 4.69) is 45.7 Å². The lowest BCUT2D eigenvalue weighted by atomic mass is 10.0. The topological polar surface area (TPSA) is 62.7 Å². The van der Waals surface area contributed by atoms with Gasteiger partial charge in [0.25, 0.3) is 0 Å². The predicted molar refractivity (Wildman–Crippen MR) is 94.5 cm³/mol. The number of pyridine rings is 1. The molecule has 2 N–H and O–H groups in total. The predicted octanol–water partition coefficient (Wildman–Crippen LogP) is 3.60. The highest BCUT2D eigenvalue weighted by Crippen LogP contribution is 2.26. The SMILES string of the molecule is CNc1ccc(C)c(-c2ccnc(-c3ccnc(NC)c3)n2)c1. The highest BCUT2D eigenvalue weighted by Gasteiger charge is 2.08. The normalized spacial score (nSPS) is 10.4. The van der Waals surface area contributed by atoms with Crippen molar-refractivity contribution in [2.45, 2.75) is 6.92 Å². The van der Waals surface area contributed by atoms with Crippen molar-refractivity contribution in [2.24, 2.45) is 0 Å². The molecule has 0 aliphatic rings. The van der Waals surface area contributed by atoms with Crippen LogP contribution in [0, 0.1) is 6.92 Å². The van der Waals surface area contributed by atoms with Gasteiger partial charge in [0.1, 0.15) is 5.82 Å². The maximum absolute atomic E-state index is 4.73. The zero-order chi connectivity index (χ0) is 16.2. The number of rotatable bonds is 4. The molecule has 23 heavy (non-hydrogen) atoms. The molecule has 0 unspecified atom stereocenters. The van der Waals surface area contributed by atoms with Gasteiger partial charge in [-0.3, -0.25) is 0 Å². The molecule has 0 atom stereocenters. The van der Waals surface area contributed by atoms with Gasteiger partial charge >= 0.3 is 0 Å². The van der Waals surface area contributed by atoms with Crippen LogP contribution in [-0.2, 0) is 0 Å². The summed E-state index contributed by atoms with van der Waals surface area (Å²) in [6, 6.07) is 12.0. The van der Waals surface area contributed by atoms with Crippen molar-refractivity contribution >= 4 is 11.5 Å². The molecule has 116 valence electrons. The van der Waals surface area contributed by atoms with Gasteiger partial charge in [0, 0.05) is 43.3 Å². The molecule has 0 saturated carbocycles. The Kier molecular flexibility index (Phi) is 4.19. The molecule has 0 spiro atoms. The van der Waals surface area contributed by atoms with Crippen molar-refractivity contribution in [1.82, 2.24) is 15.0 Å². The van der Waals surface area contributed by atoms with Gasteiger partial charge in [0.05, 0.1) is 5.69 Å². The first-order valence-electron chi connectivity index (χ1n) is 7.47. The van der Waals surface area contributed by atoms with E-state index in [-0.39, 0.29) is 0 Å². The standard InChI is InChI=1S/C18H19N5/c1-12-4-5-14(19-2)11-15(12)16-7-9-22-18(23-16)13-6-8-21-17(10-13)20-3/h4-11,19H,1-3H3,(H,20,21). The van der Waals surface area contributed by atoms with Crippen LogP contribution in [-0.4, -0.2) is 29.0 Å². The molecule has 3 rings (SSSR count). The second-order valence-electron chi connectivity index (χ2n) is 5.22. The summed E-state index contributed by atoms with van der Waals surface area (Å²) < 4.78 is 0. The van der Waals surface area contributed by atoms with Crippen molar-refractivity contribution in [1.29, 1.82) is 0 Å². The van der Waals surface area contributed by atoms with Gasteiger partial charge in [0.2, 0.25) is 0 Å². The molecule has 0 fully saturated rings. The number of aryl methyl sites for hydroxylation is 1. The number of hydrogen-bond donors (Lipinski definition) is 2. The maximum atomic E-state index is 4.73. The largest absolute Gasteiger partial charge is 0.388 e. The summed E-state index contributed by atoms with van der Waals surface area (Å²) in [5, 5.41) is 6.20. The fourth-order valence-electron chi connectivity index (χ4n) is 2.41. The highest BCUT2D eigenvalue weighted by atomic mass is 15.0. The van der Waals surface area contributed by atoms with Gasteiger partial charge in [0.15, 0.2) is 5.82 Å². The van der Waals surface area contributed by atoms with Crippen LogP contribution in [0.5, 0.6) is 0 Å². The minimum atomic E-state index is 0.690. The summed E-state index contributed by atoms with van der Waals surface area (Å²) >= 11 is 0. The van der Waals surface area contributed by atoms with Crippen molar-refractivity contribution in [3.63, 3.8) is 0 Å². The summed E-state index contributed by atoms with van der Waals surface area (Å²) in [5.41, 5.74) is 5.19. The van der Waals surface area contributed by atoms with Gasteiger partial charge in [-0.1, -0.05) is 6.07 Å². The minimum absolute atomic E-state index is 0.690. The molecular weight excluding hydrogens is 286 g/mol. The van der Waals surface area contributed by atoms with E-state index in [0.717, 1.165) is 28.3 Å². The molecule has 2 heterocycles. The van der Waals surface area contributed by atoms with Crippen LogP contribution >= 0.6 is 0 Å². The van der Waals surface area contributed by atoms with E-state index >= 15 is 0 Å². The fourth-order valence-corrected chi connectivity index (χ4v) is 2.41. The molecule has 0 saturated heterocycles. The molecular formula is C18H19N5. The summed E-state index contributed by atoms with van der Waals surface area (Å²) in [5.74, 6) is 1.49. The first-order valence-corrected chi connectivity index (χ1v) is 7.47. The molecule has 1 aromatic carbocycles. The number of aromatic nitrogens is 3. The third-order valence-corrected chi connectivity index (χ3v) is 3.73. The molecule has 0 aliphatic carbocycles. The van der Waals surface area contributed by atoms with Crippen molar-refractivity contribution in [2.75, 3.05) is 24.7 Å². The maximum Gasteiger partial charge on any atom is 0.159 e. The average molecular weight is 305 g/mol. The number of anilines is 2. The van der Waals surface area contributed by atoms with Crippen LogP contribution in [0.2, 0.25) is 0 Å². The Bertz CT molecular complexity index is 829. The summed E-state index contributed by atoms with van der Waals surface area (Å²) in [7, 11) is 3.76. The third-order valence-electron chi connectivity index (χ3n) is 3.73. The van der Waals surface area contributed by atoms with Crippen LogP contribution in [0.3, 0.4) is 0 Å². The molecule has 0 bridgehead atoms. The smallest absolute Gasteiger partial charge is 0.159 e. The van der Waals surface area contributed by atoms with E-state index in [1.807, 2.05) is 32.3 Å². The lowest BCUT2D eigenvalue weighted by molar-refractivity contribution is 1.17. The second-order valence-corrected chi connectivity index (χ2v) is 5.22. The zero-order valence-electron chi connectivity index (χ0n) is 13.5. The fraction of sp³-hybridized carbons (Fsp3) is 0.167. The van der Waals surface area contributed by atoms with Crippen molar-refractivity contribution < 1.29 is 0 Å². The van der Waals surface area contributed by atoms with E-state index in [9.17, 15) is 0 Å². The molecule has 0 amide bonds. The number of nitrogens with zero attached hydrogens (tertiary/aromatic N) is 3. The van der Waals surface area contributed by atoms with E-state index in [0.29, 0.717) is 5.82 Å². The van der Waals surface area contributed by atoms with E-state index in [1.54, 1.807) is 12.4 Å². The Balaban J connectivity index is 2.06. The van der Waals surface area contributed by atoms with Gasteiger partial charge < -0.3 is 10.6 Å². The Morgan fingerprint density at radius 1 is 0.870 bits per heavy atom. The first-order chi connectivity index (χ1) is 11.2. The lowest BCUT2D eigenvalue weighted by Crippen LogP contribution is -1.96. The average Bonchev–Trinajstić information content (AvgIpc) is 2.62. The van der Waals surface area contributed by atoms with E-state index in [1.165, 1.54) is 5.56 Å². The quantitative estimate of drug-likeness (QED) is 0.771. The summed E-state index contributed by atoms with van der Waals surface area (Å²) in [4.78, 5) is 13.4. The molecule has 0 aliphatic heterocycles. The Labute approximate surface area is 135 Å². The molecule has 5 heteroatoms. The summed E-state index contributed by atoms with van der Waals surface area (Å²) in [6.45, 7) is 2.09. The monoisotopic (exact) mass is 305 g/mol.